The number of thiol groups is 1. The molecule has 4 aromatic rings. The van der Waals surface area contributed by atoms with E-state index in [1.165, 1.54) is 0 Å². The van der Waals surface area contributed by atoms with Gasteiger partial charge in [-0.05, 0) is 43.5 Å². The number of nitriles is 1. The Morgan fingerprint density at radius 1 is 1.34 bits per heavy atom. The first-order valence-corrected chi connectivity index (χ1v) is 12.9. The Morgan fingerprint density at radius 2 is 2.26 bits per heavy atom. The molecule has 3 aromatic heterocycles. The standard InChI is InChI=1S/C24H26N6O4S/c1-32-15-17-5-3-10-29(17)19-6-2-7-21-18(19)13-22(34-21)20-14-26-23-8-9-24(28-30(20)23)33-11-4-12-35(31)27-16-25/h2,6-9,13-14,17,35H,3-5,10-12,15H2,1H3/t17-/m1/s1. The zero-order valence-corrected chi connectivity index (χ0v) is 20.2. The highest BCUT2D eigenvalue weighted by atomic mass is 32.2. The van der Waals surface area contributed by atoms with Crippen LogP contribution in [0.1, 0.15) is 19.3 Å². The molecule has 0 bridgehead atoms. The maximum atomic E-state index is 11.5. The van der Waals surface area contributed by atoms with Crippen molar-refractivity contribution in [2.75, 3.05) is 37.5 Å². The highest BCUT2D eigenvalue weighted by Gasteiger charge is 2.27. The quantitative estimate of drug-likeness (QED) is 0.213. The number of aromatic nitrogens is 3. The fourth-order valence-corrected chi connectivity index (χ4v) is 5.12. The number of nitrogens with zero attached hydrogens (tertiary/aromatic N) is 6. The highest BCUT2D eigenvalue weighted by Crippen LogP contribution is 2.37. The third kappa shape index (κ3) is 4.80. The number of anilines is 1. The van der Waals surface area contributed by atoms with Gasteiger partial charge in [-0.25, -0.2) is 9.50 Å². The molecular formula is C24H26N6O4S. The van der Waals surface area contributed by atoms with Gasteiger partial charge in [-0.2, -0.15) is 5.26 Å². The maximum Gasteiger partial charge on any atom is 0.231 e. The molecule has 1 aromatic carbocycles. The van der Waals surface area contributed by atoms with E-state index in [1.807, 2.05) is 24.3 Å². The summed E-state index contributed by atoms with van der Waals surface area (Å²) < 4.78 is 33.9. The van der Waals surface area contributed by atoms with E-state index in [0.717, 1.165) is 41.7 Å². The molecule has 4 heterocycles. The van der Waals surface area contributed by atoms with Crippen LogP contribution < -0.4 is 9.64 Å². The molecule has 1 saturated heterocycles. The molecule has 1 aliphatic heterocycles. The van der Waals surface area contributed by atoms with Gasteiger partial charge in [-0.15, -0.1) is 9.46 Å². The van der Waals surface area contributed by atoms with E-state index in [0.29, 0.717) is 48.7 Å². The van der Waals surface area contributed by atoms with Crippen LogP contribution in [0.5, 0.6) is 5.88 Å². The van der Waals surface area contributed by atoms with Crippen molar-refractivity contribution in [1.29, 1.82) is 5.26 Å². The Balaban J connectivity index is 1.41. The van der Waals surface area contributed by atoms with Crippen LogP contribution in [0.2, 0.25) is 0 Å². The van der Waals surface area contributed by atoms with Crippen LogP contribution in [-0.2, 0) is 15.3 Å². The van der Waals surface area contributed by atoms with Crippen molar-refractivity contribution in [2.24, 2.45) is 4.36 Å². The predicted octanol–water partition coefficient (Wildman–Crippen LogP) is 3.67. The van der Waals surface area contributed by atoms with Crippen LogP contribution in [0.15, 0.2) is 51.4 Å². The van der Waals surface area contributed by atoms with Gasteiger partial charge in [-0.3, -0.25) is 4.21 Å². The summed E-state index contributed by atoms with van der Waals surface area (Å²) in [4.78, 5) is 6.86. The lowest BCUT2D eigenvalue weighted by molar-refractivity contribution is 0.181. The summed E-state index contributed by atoms with van der Waals surface area (Å²) in [6, 6.07) is 12.1. The summed E-state index contributed by atoms with van der Waals surface area (Å²) in [5, 5.41) is 14.1. The Labute approximate surface area is 204 Å². The number of ether oxygens (including phenoxy) is 2. The number of rotatable bonds is 9. The number of hydrogen-bond donors (Lipinski definition) is 1. The number of furan rings is 1. The number of benzene rings is 1. The normalized spacial score (nSPS) is 16.8. The van der Waals surface area contributed by atoms with E-state index >= 15 is 0 Å². The van der Waals surface area contributed by atoms with Gasteiger partial charge in [-0.1, -0.05) is 6.07 Å². The first-order chi connectivity index (χ1) is 17.2. The van der Waals surface area contributed by atoms with Crippen LogP contribution in [0.4, 0.5) is 5.69 Å². The molecule has 1 unspecified atom stereocenters. The molecule has 10 nitrogen and oxygen atoms in total. The minimum Gasteiger partial charge on any atom is -0.477 e. The van der Waals surface area contributed by atoms with Gasteiger partial charge >= 0.3 is 0 Å². The minimum atomic E-state index is -1.86. The maximum absolute atomic E-state index is 11.5. The lowest BCUT2D eigenvalue weighted by Gasteiger charge is -2.26. The molecule has 0 N–H and O–H groups in total. The first kappa shape index (κ1) is 23.1. The van der Waals surface area contributed by atoms with Gasteiger partial charge in [0, 0.05) is 36.5 Å². The van der Waals surface area contributed by atoms with Crippen molar-refractivity contribution in [3.05, 3.63) is 42.6 Å². The molecule has 11 heteroatoms. The van der Waals surface area contributed by atoms with E-state index < -0.39 is 10.6 Å². The van der Waals surface area contributed by atoms with Crippen molar-refractivity contribution < 1.29 is 18.1 Å². The second kappa shape index (κ2) is 10.3. The molecule has 0 spiro atoms. The number of fused-ring (bicyclic) bond motifs is 2. The van der Waals surface area contributed by atoms with Gasteiger partial charge < -0.3 is 18.8 Å². The van der Waals surface area contributed by atoms with E-state index in [2.05, 4.69) is 25.4 Å². The fraction of sp³-hybridized carbons (Fsp3) is 0.375. The zero-order chi connectivity index (χ0) is 24.2. The van der Waals surface area contributed by atoms with E-state index in [1.54, 1.807) is 30.1 Å². The summed E-state index contributed by atoms with van der Waals surface area (Å²) in [6.07, 6.45) is 6.05. The number of hydrogen-bond acceptors (Lipinski definition) is 9. The second-order valence-corrected chi connectivity index (χ2v) is 9.66. The molecule has 0 radical (unpaired) electrons. The molecule has 182 valence electrons. The molecular weight excluding hydrogens is 468 g/mol. The van der Waals surface area contributed by atoms with Gasteiger partial charge in [0.15, 0.2) is 11.4 Å². The van der Waals surface area contributed by atoms with Crippen molar-refractivity contribution in [2.45, 2.75) is 25.3 Å². The summed E-state index contributed by atoms with van der Waals surface area (Å²) in [7, 11) is -0.119. The summed E-state index contributed by atoms with van der Waals surface area (Å²) in [5.74, 6) is 1.38. The molecule has 2 atom stereocenters. The Hall–Kier alpha value is -3.62. The van der Waals surface area contributed by atoms with Crippen LogP contribution in [0.3, 0.4) is 0 Å². The number of methoxy groups -OCH3 is 1. The van der Waals surface area contributed by atoms with Crippen molar-refractivity contribution in [3.8, 4) is 23.5 Å². The number of imidazole rings is 1. The van der Waals surface area contributed by atoms with Crippen molar-refractivity contribution in [3.63, 3.8) is 0 Å². The zero-order valence-electron chi connectivity index (χ0n) is 19.3. The summed E-state index contributed by atoms with van der Waals surface area (Å²) in [5.41, 5.74) is 3.34. The Kier molecular flexibility index (Phi) is 6.83. The average Bonchev–Trinajstić information content (AvgIpc) is 3.59. The third-order valence-corrected chi connectivity index (χ3v) is 7.09. The third-order valence-electron chi connectivity index (χ3n) is 6.07. The molecule has 0 amide bonds. The smallest absolute Gasteiger partial charge is 0.231 e. The lowest BCUT2D eigenvalue weighted by Crippen LogP contribution is -2.32. The first-order valence-electron chi connectivity index (χ1n) is 11.5. The fourth-order valence-electron chi connectivity index (χ4n) is 4.52. The van der Waals surface area contributed by atoms with Gasteiger partial charge in [0.1, 0.15) is 11.3 Å². The lowest BCUT2D eigenvalue weighted by atomic mass is 10.1. The van der Waals surface area contributed by atoms with Crippen LogP contribution >= 0.6 is 0 Å². The molecule has 35 heavy (non-hydrogen) atoms. The van der Waals surface area contributed by atoms with E-state index in [9.17, 15) is 4.21 Å². The van der Waals surface area contributed by atoms with Crippen molar-refractivity contribution in [1.82, 2.24) is 14.6 Å². The van der Waals surface area contributed by atoms with E-state index in [-0.39, 0.29) is 0 Å². The van der Waals surface area contributed by atoms with Gasteiger partial charge in [0.05, 0.1) is 36.0 Å². The summed E-state index contributed by atoms with van der Waals surface area (Å²) >= 11 is 0. The predicted molar refractivity (Wildman–Crippen MR) is 133 cm³/mol. The topological polar surface area (TPSA) is 118 Å². The molecule has 0 saturated carbocycles. The van der Waals surface area contributed by atoms with E-state index in [4.69, 9.17) is 19.2 Å². The monoisotopic (exact) mass is 494 g/mol. The van der Waals surface area contributed by atoms with Gasteiger partial charge in [0.2, 0.25) is 12.1 Å². The Morgan fingerprint density at radius 3 is 3.11 bits per heavy atom. The van der Waals surface area contributed by atoms with Crippen molar-refractivity contribution >= 4 is 32.9 Å². The molecule has 0 aliphatic carbocycles. The van der Waals surface area contributed by atoms with Crippen LogP contribution in [-0.4, -0.2) is 57.5 Å². The van der Waals surface area contributed by atoms with Crippen LogP contribution in [0, 0.1) is 11.5 Å². The van der Waals surface area contributed by atoms with Gasteiger partial charge in [0.25, 0.3) is 0 Å². The average molecular weight is 495 g/mol. The minimum absolute atomic E-state index is 0.297. The molecule has 1 fully saturated rings. The second-order valence-electron chi connectivity index (χ2n) is 8.31. The largest absolute Gasteiger partial charge is 0.477 e. The highest BCUT2D eigenvalue weighted by molar-refractivity contribution is 7.74. The molecule has 5 rings (SSSR count). The SMILES string of the molecule is COC[C@H]1CCCN1c1cccc2oc(-c3cnc4ccc(OCCC/[SH](=O)=N\C#N)nn34)cc12. The Bertz CT molecular complexity index is 1470. The van der Waals surface area contributed by atoms with Crippen LogP contribution in [0.25, 0.3) is 28.1 Å². The summed E-state index contributed by atoms with van der Waals surface area (Å²) in [6.45, 7) is 2.01. The molecule has 1 aliphatic rings.